The molecule has 0 amide bonds. The summed E-state index contributed by atoms with van der Waals surface area (Å²) in [6, 6.07) is 7.97. The van der Waals surface area contributed by atoms with Crippen molar-refractivity contribution in [1.29, 1.82) is 0 Å². The number of benzene rings is 1. The lowest BCUT2D eigenvalue weighted by Gasteiger charge is -2.36. The molecule has 0 spiro atoms. The zero-order chi connectivity index (χ0) is 17.0. The second kappa shape index (κ2) is 7.90. The van der Waals surface area contributed by atoms with Crippen LogP contribution in [0.15, 0.2) is 24.3 Å². The Morgan fingerprint density at radius 1 is 1.04 bits per heavy atom. The Labute approximate surface area is 140 Å². The highest BCUT2D eigenvalue weighted by Crippen LogP contribution is 2.38. The number of carbonyl (C=O) groups is 2. The van der Waals surface area contributed by atoms with Gasteiger partial charge in [-0.3, -0.25) is 9.59 Å². The first-order chi connectivity index (χ1) is 10.9. The first-order valence-corrected chi connectivity index (χ1v) is 8.96. The number of hydrogen-bond donors (Lipinski definition) is 0. The lowest BCUT2D eigenvalue weighted by molar-refractivity contribution is -0.126. The number of carbonyl (C=O) groups excluding carboxylic acids is 2. The van der Waals surface area contributed by atoms with E-state index in [0.717, 1.165) is 17.5 Å². The predicted molar refractivity (Wildman–Crippen MR) is 94.4 cm³/mol. The summed E-state index contributed by atoms with van der Waals surface area (Å²) in [7, 11) is 0. The number of rotatable bonds is 6. The van der Waals surface area contributed by atoms with Gasteiger partial charge in [-0.15, -0.1) is 0 Å². The van der Waals surface area contributed by atoms with Crippen molar-refractivity contribution in [3.8, 4) is 0 Å². The fraction of sp³-hybridized carbons (Fsp3) is 0.619. The Morgan fingerprint density at radius 3 is 2.13 bits per heavy atom. The fourth-order valence-electron chi connectivity index (χ4n) is 3.97. The van der Waals surface area contributed by atoms with E-state index in [1.165, 1.54) is 12.8 Å². The maximum Gasteiger partial charge on any atom is 0.140 e. The molecule has 126 valence electrons. The van der Waals surface area contributed by atoms with Crippen LogP contribution >= 0.6 is 0 Å². The summed E-state index contributed by atoms with van der Waals surface area (Å²) >= 11 is 0. The molecule has 2 heteroatoms. The van der Waals surface area contributed by atoms with Crippen LogP contribution in [0.1, 0.15) is 58.1 Å². The molecule has 1 fully saturated rings. The molecule has 1 aliphatic carbocycles. The first-order valence-electron chi connectivity index (χ1n) is 8.96. The molecule has 1 saturated carbocycles. The SMILES string of the molecule is CC(=O)Cc1ccc(CC(=O)C2CC(C)CCC2C(C)C)cc1. The van der Waals surface area contributed by atoms with Gasteiger partial charge in [0.15, 0.2) is 0 Å². The largest absolute Gasteiger partial charge is 0.300 e. The third-order valence-corrected chi connectivity index (χ3v) is 5.29. The van der Waals surface area contributed by atoms with Crippen LogP contribution in [-0.2, 0) is 22.4 Å². The summed E-state index contributed by atoms with van der Waals surface area (Å²) in [5.41, 5.74) is 2.10. The van der Waals surface area contributed by atoms with Crippen LogP contribution in [0.25, 0.3) is 0 Å². The molecule has 23 heavy (non-hydrogen) atoms. The smallest absolute Gasteiger partial charge is 0.140 e. The topological polar surface area (TPSA) is 34.1 Å². The summed E-state index contributed by atoms with van der Waals surface area (Å²) < 4.78 is 0. The van der Waals surface area contributed by atoms with Gasteiger partial charge in [-0.1, -0.05) is 51.5 Å². The minimum Gasteiger partial charge on any atom is -0.300 e. The second-order valence-corrected chi connectivity index (χ2v) is 7.77. The van der Waals surface area contributed by atoms with Gasteiger partial charge >= 0.3 is 0 Å². The quantitative estimate of drug-likeness (QED) is 0.766. The van der Waals surface area contributed by atoms with Crippen molar-refractivity contribution in [3.63, 3.8) is 0 Å². The van der Waals surface area contributed by atoms with Crippen molar-refractivity contribution in [2.75, 3.05) is 0 Å². The highest BCUT2D eigenvalue weighted by Gasteiger charge is 2.34. The third kappa shape index (κ3) is 5.02. The molecule has 0 radical (unpaired) electrons. The maximum atomic E-state index is 12.8. The van der Waals surface area contributed by atoms with Gasteiger partial charge in [0, 0.05) is 18.8 Å². The van der Waals surface area contributed by atoms with Crippen LogP contribution in [0.2, 0.25) is 0 Å². The van der Waals surface area contributed by atoms with Gasteiger partial charge in [-0.25, -0.2) is 0 Å². The Bertz CT molecular complexity index is 541. The number of Topliss-reactive ketones (excluding diaryl/α,β-unsaturated/α-hetero) is 2. The van der Waals surface area contributed by atoms with E-state index in [9.17, 15) is 9.59 Å². The van der Waals surface area contributed by atoms with Crippen molar-refractivity contribution >= 4 is 11.6 Å². The fourth-order valence-corrected chi connectivity index (χ4v) is 3.97. The second-order valence-electron chi connectivity index (χ2n) is 7.77. The Balaban J connectivity index is 2.03. The summed E-state index contributed by atoms with van der Waals surface area (Å²) in [6.07, 6.45) is 4.49. The third-order valence-electron chi connectivity index (χ3n) is 5.29. The average Bonchev–Trinajstić information content (AvgIpc) is 2.48. The van der Waals surface area contributed by atoms with Gasteiger partial charge in [0.05, 0.1) is 0 Å². The highest BCUT2D eigenvalue weighted by atomic mass is 16.1. The predicted octanol–water partition coefficient (Wildman–Crippen LogP) is 4.64. The van der Waals surface area contributed by atoms with Gasteiger partial charge in [-0.05, 0) is 48.6 Å². The molecule has 0 N–H and O–H groups in total. The molecule has 3 unspecified atom stereocenters. The van der Waals surface area contributed by atoms with Crippen LogP contribution in [0.3, 0.4) is 0 Å². The monoisotopic (exact) mass is 314 g/mol. The first kappa shape index (κ1) is 17.9. The van der Waals surface area contributed by atoms with Crippen molar-refractivity contribution < 1.29 is 9.59 Å². The molecule has 0 aromatic heterocycles. The Hall–Kier alpha value is -1.44. The van der Waals surface area contributed by atoms with E-state index in [1.54, 1.807) is 6.92 Å². The molecular formula is C21H30O2. The van der Waals surface area contributed by atoms with Crippen LogP contribution in [-0.4, -0.2) is 11.6 Å². The zero-order valence-corrected chi connectivity index (χ0v) is 15.0. The van der Waals surface area contributed by atoms with Crippen LogP contribution in [0, 0.1) is 23.7 Å². The van der Waals surface area contributed by atoms with Gasteiger partial charge in [0.2, 0.25) is 0 Å². The summed E-state index contributed by atoms with van der Waals surface area (Å²) in [5, 5.41) is 0. The normalized spacial score (nSPS) is 24.7. The van der Waals surface area contributed by atoms with Crippen molar-refractivity contribution in [3.05, 3.63) is 35.4 Å². The van der Waals surface area contributed by atoms with E-state index in [1.807, 2.05) is 24.3 Å². The molecule has 0 bridgehead atoms. The van der Waals surface area contributed by atoms with E-state index in [-0.39, 0.29) is 11.7 Å². The Morgan fingerprint density at radius 2 is 1.61 bits per heavy atom. The minimum absolute atomic E-state index is 0.171. The summed E-state index contributed by atoms with van der Waals surface area (Å²) in [6.45, 7) is 8.37. The Kier molecular flexibility index (Phi) is 6.15. The molecule has 2 rings (SSSR count). The van der Waals surface area contributed by atoms with Crippen molar-refractivity contribution in [2.45, 2.75) is 59.8 Å². The average molecular weight is 314 g/mol. The van der Waals surface area contributed by atoms with E-state index in [4.69, 9.17) is 0 Å². The van der Waals surface area contributed by atoms with E-state index in [2.05, 4.69) is 20.8 Å². The number of ketones is 2. The summed E-state index contributed by atoms with van der Waals surface area (Å²) in [5.74, 6) is 2.57. The van der Waals surface area contributed by atoms with Crippen molar-refractivity contribution in [2.24, 2.45) is 23.7 Å². The zero-order valence-electron chi connectivity index (χ0n) is 15.0. The summed E-state index contributed by atoms with van der Waals surface area (Å²) in [4.78, 5) is 24.0. The number of hydrogen-bond acceptors (Lipinski definition) is 2. The molecule has 0 saturated heterocycles. The van der Waals surface area contributed by atoms with Crippen LogP contribution < -0.4 is 0 Å². The molecule has 1 aliphatic rings. The van der Waals surface area contributed by atoms with Gasteiger partial charge in [0.25, 0.3) is 0 Å². The van der Waals surface area contributed by atoms with Gasteiger partial charge in [-0.2, -0.15) is 0 Å². The standard InChI is InChI=1S/C21H30O2/c1-14(2)19-10-5-15(3)11-20(19)21(23)13-18-8-6-17(7-9-18)12-16(4)22/h6-9,14-15,19-20H,5,10-13H2,1-4H3. The molecule has 3 atom stereocenters. The van der Waals surface area contributed by atoms with Gasteiger partial charge < -0.3 is 0 Å². The molecule has 2 nitrogen and oxygen atoms in total. The molecule has 0 heterocycles. The van der Waals surface area contributed by atoms with E-state index >= 15 is 0 Å². The van der Waals surface area contributed by atoms with E-state index in [0.29, 0.717) is 36.4 Å². The lowest BCUT2D eigenvalue weighted by atomic mass is 9.68. The molecule has 1 aromatic carbocycles. The van der Waals surface area contributed by atoms with Crippen LogP contribution in [0.5, 0.6) is 0 Å². The highest BCUT2D eigenvalue weighted by molar-refractivity contribution is 5.83. The minimum atomic E-state index is 0.171. The van der Waals surface area contributed by atoms with Gasteiger partial charge in [0.1, 0.15) is 11.6 Å². The lowest BCUT2D eigenvalue weighted by Crippen LogP contribution is -2.34. The molecule has 1 aromatic rings. The van der Waals surface area contributed by atoms with Crippen molar-refractivity contribution in [1.82, 2.24) is 0 Å². The van der Waals surface area contributed by atoms with E-state index < -0.39 is 0 Å². The van der Waals surface area contributed by atoms with Crippen LogP contribution in [0.4, 0.5) is 0 Å². The molecular weight excluding hydrogens is 284 g/mol. The molecule has 0 aliphatic heterocycles. The maximum absolute atomic E-state index is 12.8.